The van der Waals surface area contributed by atoms with Crippen molar-refractivity contribution in [3.63, 3.8) is 0 Å². The highest BCUT2D eigenvalue weighted by Gasteiger charge is 2.28. The Balaban J connectivity index is 3.07. The first-order valence-corrected chi connectivity index (χ1v) is 6.09. The minimum atomic E-state index is -0.307. The van der Waals surface area contributed by atoms with Crippen LogP contribution in [-0.4, -0.2) is 18.3 Å². The molecule has 0 radical (unpaired) electrons. The highest BCUT2D eigenvalue weighted by molar-refractivity contribution is 9.10. The molecular formula is C12H18BrNO. The van der Waals surface area contributed by atoms with Gasteiger partial charge in [0.2, 0.25) is 0 Å². The Hall–Kier alpha value is -0.380. The second kappa shape index (κ2) is 5.64. The number of hydrogen-bond donors (Lipinski definition) is 2. The molecule has 1 aromatic carbocycles. The van der Waals surface area contributed by atoms with Crippen LogP contribution in [0.15, 0.2) is 28.7 Å². The Morgan fingerprint density at radius 3 is 2.60 bits per heavy atom. The summed E-state index contributed by atoms with van der Waals surface area (Å²) >= 11 is 3.45. The summed E-state index contributed by atoms with van der Waals surface area (Å²) in [7, 11) is 0. The normalized spacial score (nSPS) is 14.9. The van der Waals surface area contributed by atoms with Gasteiger partial charge in [0.05, 0.1) is 12.1 Å². The summed E-state index contributed by atoms with van der Waals surface area (Å²) in [5.41, 5.74) is 0.821. The van der Waals surface area contributed by atoms with E-state index >= 15 is 0 Å². The molecule has 0 fully saturated rings. The second-order valence-electron chi connectivity index (χ2n) is 3.63. The quantitative estimate of drug-likeness (QED) is 0.863. The van der Waals surface area contributed by atoms with Crippen LogP contribution < -0.4 is 5.32 Å². The van der Waals surface area contributed by atoms with Crippen LogP contribution in [0, 0.1) is 0 Å². The number of nitrogens with one attached hydrogen (secondary N) is 1. The third-order valence-electron chi connectivity index (χ3n) is 2.77. The third-order valence-corrected chi connectivity index (χ3v) is 3.26. The molecule has 0 saturated carbocycles. The Morgan fingerprint density at radius 2 is 2.13 bits per heavy atom. The van der Waals surface area contributed by atoms with Crippen LogP contribution in [0.5, 0.6) is 0 Å². The smallest absolute Gasteiger partial charge is 0.0666 e. The molecule has 1 atom stereocenters. The van der Waals surface area contributed by atoms with E-state index in [1.165, 1.54) is 0 Å². The van der Waals surface area contributed by atoms with Crippen molar-refractivity contribution in [1.82, 2.24) is 5.32 Å². The van der Waals surface area contributed by atoms with Crippen molar-refractivity contribution >= 4 is 15.9 Å². The Kier molecular flexibility index (Phi) is 4.77. The van der Waals surface area contributed by atoms with Gasteiger partial charge >= 0.3 is 0 Å². The number of aliphatic hydroxyl groups is 1. The molecule has 0 aliphatic heterocycles. The largest absolute Gasteiger partial charge is 0.394 e. The monoisotopic (exact) mass is 271 g/mol. The molecule has 3 heteroatoms. The summed E-state index contributed by atoms with van der Waals surface area (Å²) in [6, 6.07) is 8.10. The summed E-state index contributed by atoms with van der Waals surface area (Å²) in [5.74, 6) is 0. The van der Waals surface area contributed by atoms with Crippen molar-refractivity contribution in [2.75, 3.05) is 13.2 Å². The van der Waals surface area contributed by atoms with Crippen LogP contribution in [0.25, 0.3) is 0 Å². The molecule has 84 valence electrons. The minimum absolute atomic E-state index is 0.119. The summed E-state index contributed by atoms with van der Waals surface area (Å²) in [5, 5.41) is 12.9. The molecule has 0 aromatic heterocycles. The summed E-state index contributed by atoms with van der Waals surface area (Å²) in [4.78, 5) is 0. The molecule has 0 aliphatic carbocycles. The number of benzene rings is 1. The van der Waals surface area contributed by atoms with Gasteiger partial charge in [-0.15, -0.1) is 0 Å². The van der Waals surface area contributed by atoms with Crippen molar-refractivity contribution in [3.8, 4) is 0 Å². The first-order chi connectivity index (χ1) is 7.18. The lowest BCUT2D eigenvalue weighted by molar-refractivity contribution is 0.157. The average Bonchev–Trinajstić information content (AvgIpc) is 2.26. The standard InChI is InChI=1S/C12H18BrNO/c1-3-12(9-15,14-4-2)10-6-5-7-11(13)8-10/h5-8,14-15H,3-4,9H2,1-2H3. The van der Waals surface area contributed by atoms with Gasteiger partial charge < -0.3 is 10.4 Å². The van der Waals surface area contributed by atoms with E-state index < -0.39 is 0 Å². The highest BCUT2D eigenvalue weighted by Crippen LogP contribution is 2.26. The van der Waals surface area contributed by atoms with Gasteiger partial charge in [-0.1, -0.05) is 41.9 Å². The summed E-state index contributed by atoms with van der Waals surface area (Å²) in [6.45, 7) is 5.10. The molecule has 1 unspecified atom stereocenters. The molecule has 0 spiro atoms. The Labute approximate surface area is 99.8 Å². The number of hydrogen-bond acceptors (Lipinski definition) is 2. The van der Waals surface area contributed by atoms with Gasteiger partial charge in [-0.3, -0.25) is 0 Å². The number of aliphatic hydroxyl groups excluding tert-OH is 1. The van der Waals surface area contributed by atoms with Crippen LogP contribution in [0.2, 0.25) is 0 Å². The fraction of sp³-hybridized carbons (Fsp3) is 0.500. The molecule has 0 saturated heterocycles. The van der Waals surface area contributed by atoms with Gasteiger partial charge in [-0.2, -0.15) is 0 Å². The first kappa shape index (κ1) is 12.7. The van der Waals surface area contributed by atoms with Crippen molar-refractivity contribution in [3.05, 3.63) is 34.3 Å². The zero-order chi connectivity index (χ0) is 11.3. The fourth-order valence-corrected chi connectivity index (χ4v) is 2.21. The van der Waals surface area contributed by atoms with Crippen LogP contribution in [0.4, 0.5) is 0 Å². The molecule has 1 rings (SSSR count). The van der Waals surface area contributed by atoms with E-state index in [0.29, 0.717) is 0 Å². The van der Waals surface area contributed by atoms with Gasteiger partial charge in [0.1, 0.15) is 0 Å². The summed E-state index contributed by atoms with van der Waals surface area (Å²) in [6.07, 6.45) is 0.869. The zero-order valence-corrected chi connectivity index (χ0v) is 10.8. The highest BCUT2D eigenvalue weighted by atomic mass is 79.9. The molecule has 0 aliphatic rings. The van der Waals surface area contributed by atoms with E-state index in [2.05, 4.69) is 41.2 Å². The Bertz CT molecular complexity index is 310. The molecule has 0 bridgehead atoms. The zero-order valence-electron chi connectivity index (χ0n) is 9.26. The van der Waals surface area contributed by atoms with E-state index in [0.717, 1.165) is 23.0 Å². The fourth-order valence-electron chi connectivity index (χ4n) is 1.81. The van der Waals surface area contributed by atoms with E-state index in [1.54, 1.807) is 0 Å². The Morgan fingerprint density at radius 1 is 1.40 bits per heavy atom. The van der Waals surface area contributed by atoms with Crippen LogP contribution in [0.1, 0.15) is 25.8 Å². The lowest BCUT2D eigenvalue weighted by Gasteiger charge is -2.32. The van der Waals surface area contributed by atoms with Gasteiger partial charge in [0.15, 0.2) is 0 Å². The maximum atomic E-state index is 9.57. The molecule has 2 nitrogen and oxygen atoms in total. The van der Waals surface area contributed by atoms with Crippen LogP contribution in [0.3, 0.4) is 0 Å². The van der Waals surface area contributed by atoms with Gasteiger partial charge in [-0.05, 0) is 30.7 Å². The first-order valence-electron chi connectivity index (χ1n) is 5.30. The third kappa shape index (κ3) is 2.80. The summed E-state index contributed by atoms with van der Waals surface area (Å²) < 4.78 is 1.05. The molecule has 0 amide bonds. The molecule has 15 heavy (non-hydrogen) atoms. The average molecular weight is 272 g/mol. The molecule has 0 heterocycles. The predicted molar refractivity (Wildman–Crippen MR) is 66.9 cm³/mol. The van der Waals surface area contributed by atoms with Crippen LogP contribution in [-0.2, 0) is 5.54 Å². The van der Waals surface area contributed by atoms with Crippen LogP contribution >= 0.6 is 15.9 Å². The maximum Gasteiger partial charge on any atom is 0.0666 e. The van der Waals surface area contributed by atoms with Crippen molar-refractivity contribution < 1.29 is 5.11 Å². The lowest BCUT2D eigenvalue weighted by Crippen LogP contribution is -2.45. The van der Waals surface area contributed by atoms with E-state index in [-0.39, 0.29) is 12.1 Å². The van der Waals surface area contributed by atoms with Gasteiger partial charge in [0.25, 0.3) is 0 Å². The molecule has 1 aromatic rings. The van der Waals surface area contributed by atoms with E-state index in [1.807, 2.05) is 18.2 Å². The molecule has 2 N–H and O–H groups in total. The van der Waals surface area contributed by atoms with E-state index in [9.17, 15) is 5.11 Å². The second-order valence-corrected chi connectivity index (χ2v) is 4.55. The number of likely N-dealkylation sites (N-methyl/N-ethyl adjacent to an activating group) is 1. The SMILES string of the molecule is CCNC(CC)(CO)c1cccc(Br)c1. The van der Waals surface area contributed by atoms with E-state index in [4.69, 9.17) is 0 Å². The van der Waals surface area contributed by atoms with Gasteiger partial charge in [-0.25, -0.2) is 0 Å². The molecular weight excluding hydrogens is 254 g/mol. The lowest BCUT2D eigenvalue weighted by atomic mass is 9.88. The number of rotatable bonds is 5. The topological polar surface area (TPSA) is 32.3 Å². The maximum absolute atomic E-state index is 9.57. The van der Waals surface area contributed by atoms with Crippen molar-refractivity contribution in [2.45, 2.75) is 25.8 Å². The predicted octanol–water partition coefficient (Wildman–Crippen LogP) is 2.66. The van der Waals surface area contributed by atoms with Crippen molar-refractivity contribution in [1.29, 1.82) is 0 Å². The minimum Gasteiger partial charge on any atom is -0.394 e. The van der Waals surface area contributed by atoms with Gasteiger partial charge in [0, 0.05) is 4.47 Å². The number of halogens is 1. The van der Waals surface area contributed by atoms with Crippen molar-refractivity contribution in [2.24, 2.45) is 0 Å².